The highest BCUT2D eigenvalue weighted by Gasteiger charge is 2.67. The largest absolute Gasteiger partial charge is 0.321 e. The number of pyridine rings is 1. The summed E-state index contributed by atoms with van der Waals surface area (Å²) >= 11 is 6.32. The highest BCUT2D eigenvalue weighted by molar-refractivity contribution is 6.35. The SMILES string of the molecule is O=C1[C@@H]2CCCN2[C@@]2(C(=O)Nc3c(Cl)cccc32)N1c1ccccn1. The van der Waals surface area contributed by atoms with Crippen LogP contribution in [0.15, 0.2) is 42.6 Å². The lowest BCUT2D eigenvalue weighted by molar-refractivity contribution is -0.126. The molecule has 0 radical (unpaired) electrons. The first kappa shape index (κ1) is 14.9. The molecular weight excluding hydrogens is 340 g/mol. The van der Waals surface area contributed by atoms with Gasteiger partial charge >= 0.3 is 0 Å². The van der Waals surface area contributed by atoms with Gasteiger partial charge in [-0.2, -0.15) is 0 Å². The predicted molar refractivity (Wildman–Crippen MR) is 93.2 cm³/mol. The van der Waals surface area contributed by atoms with Gasteiger partial charge in [0.15, 0.2) is 0 Å². The molecule has 2 aromatic rings. The molecule has 1 N–H and O–H groups in total. The Balaban J connectivity index is 1.81. The summed E-state index contributed by atoms with van der Waals surface area (Å²) in [7, 11) is 0. The number of benzene rings is 1. The molecule has 0 saturated carbocycles. The first-order valence-corrected chi connectivity index (χ1v) is 8.66. The van der Waals surface area contributed by atoms with Gasteiger partial charge in [0.25, 0.3) is 5.91 Å². The van der Waals surface area contributed by atoms with Gasteiger partial charge in [-0.05, 0) is 31.0 Å². The zero-order valence-corrected chi connectivity index (χ0v) is 14.0. The average Bonchev–Trinajstić information content (AvgIpc) is 3.27. The van der Waals surface area contributed by atoms with Crippen molar-refractivity contribution in [3.05, 3.63) is 53.2 Å². The van der Waals surface area contributed by atoms with Gasteiger partial charge in [0.05, 0.1) is 16.8 Å². The van der Waals surface area contributed by atoms with Crippen molar-refractivity contribution >= 4 is 34.9 Å². The maximum absolute atomic E-state index is 13.2. The minimum Gasteiger partial charge on any atom is -0.321 e. The number of carbonyl (C=O) groups excluding carboxylic acids is 2. The lowest BCUT2D eigenvalue weighted by Gasteiger charge is -2.37. The highest BCUT2D eigenvalue weighted by Crippen LogP contribution is 2.53. The van der Waals surface area contributed by atoms with Crippen LogP contribution in [0.1, 0.15) is 18.4 Å². The number of fused-ring (bicyclic) bond motifs is 4. The average molecular weight is 355 g/mol. The quantitative estimate of drug-likeness (QED) is 0.853. The van der Waals surface area contributed by atoms with E-state index < -0.39 is 5.66 Å². The van der Waals surface area contributed by atoms with Gasteiger partial charge in [-0.15, -0.1) is 0 Å². The second kappa shape index (κ2) is 5.03. The number of anilines is 2. The molecule has 0 bridgehead atoms. The number of rotatable bonds is 1. The van der Waals surface area contributed by atoms with Crippen LogP contribution in [-0.4, -0.2) is 34.3 Å². The van der Waals surface area contributed by atoms with Gasteiger partial charge in [-0.25, -0.2) is 4.98 Å². The van der Waals surface area contributed by atoms with Crippen molar-refractivity contribution in [3.63, 3.8) is 0 Å². The van der Waals surface area contributed by atoms with Gasteiger partial charge in [-0.3, -0.25) is 19.4 Å². The van der Waals surface area contributed by atoms with E-state index in [1.165, 1.54) is 0 Å². The van der Waals surface area contributed by atoms with E-state index in [2.05, 4.69) is 10.3 Å². The van der Waals surface area contributed by atoms with Crippen LogP contribution >= 0.6 is 11.6 Å². The Hall–Kier alpha value is -2.44. The summed E-state index contributed by atoms with van der Waals surface area (Å²) in [4.78, 5) is 34.4. The molecule has 3 aliphatic heterocycles. The van der Waals surface area contributed by atoms with Crippen LogP contribution in [0, 0.1) is 0 Å². The van der Waals surface area contributed by atoms with E-state index in [-0.39, 0.29) is 17.9 Å². The number of hydrogen-bond acceptors (Lipinski definition) is 4. The van der Waals surface area contributed by atoms with E-state index in [0.29, 0.717) is 28.6 Å². The van der Waals surface area contributed by atoms with Crippen molar-refractivity contribution < 1.29 is 9.59 Å². The van der Waals surface area contributed by atoms with Gasteiger partial charge < -0.3 is 5.32 Å². The predicted octanol–water partition coefficient (Wildman–Crippen LogP) is 2.35. The Morgan fingerprint density at radius 1 is 1.20 bits per heavy atom. The van der Waals surface area contributed by atoms with Crippen molar-refractivity contribution in [3.8, 4) is 0 Å². The molecule has 1 spiro atoms. The van der Waals surface area contributed by atoms with E-state index in [1.807, 2.05) is 23.1 Å². The van der Waals surface area contributed by atoms with E-state index in [1.54, 1.807) is 29.3 Å². The maximum Gasteiger partial charge on any atom is 0.271 e. The fourth-order valence-electron chi connectivity index (χ4n) is 4.38. The number of nitrogens with zero attached hydrogens (tertiary/aromatic N) is 3. The van der Waals surface area contributed by atoms with Crippen LogP contribution in [0.3, 0.4) is 0 Å². The number of aromatic nitrogens is 1. The standard InChI is InChI=1S/C18H15ClN4O2/c19-12-6-3-5-11-15(12)21-17(25)18(11)22-10-4-7-13(22)16(24)23(18)14-8-1-2-9-20-14/h1-3,5-6,8-9,13H,4,7,10H2,(H,21,25)/t13-,18+/m0/s1. The molecular formula is C18H15ClN4O2. The van der Waals surface area contributed by atoms with Crippen LogP contribution in [-0.2, 0) is 15.3 Å². The highest BCUT2D eigenvalue weighted by atomic mass is 35.5. The number of halogens is 1. The van der Waals surface area contributed by atoms with E-state index in [0.717, 1.165) is 12.8 Å². The Labute approximate surface area is 149 Å². The molecule has 5 rings (SSSR count). The van der Waals surface area contributed by atoms with Crippen LogP contribution in [0.4, 0.5) is 11.5 Å². The number of para-hydroxylation sites is 1. The molecule has 3 aliphatic rings. The van der Waals surface area contributed by atoms with Crippen molar-refractivity contribution in [1.82, 2.24) is 9.88 Å². The van der Waals surface area contributed by atoms with E-state index in [9.17, 15) is 9.59 Å². The molecule has 0 unspecified atom stereocenters. The topological polar surface area (TPSA) is 65.5 Å². The lowest BCUT2D eigenvalue weighted by Crippen LogP contribution is -2.56. The molecule has 6 nitrogen and oxygen atoms in total. The molecule has 2 atom stereocenters. The summed E-state index contributed by atoms with van der Waals surface area (Å²) in [5.74, 6) is 0.142. The van der Waals surface area contributed by atoms with E-state index in [4.69, 9.17) is 11.6 Å². The van der Waals surface area contributed by atoms with Gasteiger partial charge in [0.2, 0.25) is 11.6 Å². The van der Waals surface area contributed by atoms with Crippen LogP contribution in [0.2, 0.25) is 5.02 Å². The van der Waals surface area contributed by atoms with Gasteiger partial charge in [0.1, 0.15) is 5.82 Å². The molecule has 1 aromatic carbocycles. The lowest BCUT2D eigenvalue weighted by atomic mass is 9.98. The minimum atomic E-state index is -1.22. The minimum absolute atomic E-state index is 0.0841. The summed E-state index contributed by atoms with van der Waals surface area (Å²) in [6.07, 6.45) is 3.26. The number of nitrogens with one attached hydrogen (secondary N) is 1. The summed E-state index contributed by atoms with van der Waals surface area (Å²) in [5, 5.41) is 3.37. The first-order valence-electron chi connectivity index (χ1n) is 8.28. The second-order valence-corrected chi connectivity index (χ2v) is 6.91. The summed E-state index contributed by atoms with van der Waals surface area (Å²) in [5.41, 5.74) is 0.0798. The molecule has 2 amide bonds. The Bertz CT molecular complexity index is 903. The van der Waals surface area contributed by atoms with Crippen molar-refractivity contribution in [1.29, 1.82) is 0 Å². The number of carbonyl (C=O) groups is 2. The molecule has 0 aliphatic carbocycles. The smallest absolute Gasteiger partial charge is 0.271 e. The van der Waals surface area contributed by atoms with Crippen molar-refractivity contribution in [2.24, 2.45) is 0 Å². The fourth-order valence-corrected chi connectivity index (χ4v) is 4.61. The third kappa shape index (κ3) is 1.70. The summed E-state index contributed by atoms with van der Waals surface area (Å²) < 4.78 is 0. The van der Waals surface area contributed by atoms with Crippen LogP contribution < -0.4 is 10.2 Å². The van der Waals surface area contributed by atoms with Gasteiger partial charge in [-0.1, -0.05) is 29.8 Å². The Morgan fingerprint density at radius 3 is 2.88 bits per heavy atom. The van der Waals surface area contributed by atoms with Crippen LogP contribution in [0.5, 0.6) is 0 Å². The number of amides is 2. The second-order valence-electron chi connectivity index (χ2n) is 6.50. The zero-order valence-electron chi connectivity index (χ0n) is 13.3. The zero-order chi connectivity index (χ0) is 17.2. The molecule has 25 heavy (non-hydrogen) atoms. The Morgan fingerprint density at radius 2 is 2.08 bits per heavy atom. The monoisotopic (exact) mass is 354 g/mol. The normalized spacial score (nSPS) is 27.7. The molecule has 2 fully saturated rings. The van der Waals surface area contributed by atoms with Crippen LogP contribution in [0.25, 0.3) is 0 Å². The van der Waals surface area contributed by atoms with Gasteiger partial charge in [0, 0.05) is 18.3 Å². The molecule has 1 aromatic heterocycles. The molecule has 126 valence electrons. The summed E-state index contributed by atoms with van der Waals surface area (Å²) in [6.45, 7) is 0.680. The van der Waals surface area contributed by atoms with Crippen molar-refractivity contribution in [2.75, 3.05) is 16.8 Å². The van der Waals surface area contributed by atoms with Crippen molar-refractivity contribution in [2.45, 2.75) is 24.5 Å². The summed E-state index contributed by atoms with van der Waals surface area (Å²) in [6, 6.07) is 10.5. The first-order chi connectivity index (χ1) is 12.2. The third-order valence-electron chi connectivity index (χ3n) is 5.32. The number of hydrogen-bond donors (Lipinski definition) is 1. The van der Waals surface area contributed by atoms with E-state index >= 15 is 0 Å². The fraction of sp³-hybridized carbons (Fsp3) is 0.278. The molecule has 2 saturated heterocycles. The maximum atomic E-state index is 13.2. The molecule has 4 heterocycles. The third-order valence-corrected chi connectivity index (χ3v) is 5.64. The molecule has 7 heteroatoms. The Kier molecular flexibility index (Phi) is 2.99.